The maximum Gasteiger partial charge on any atom is 0.412 e. The number of nitrogens with zero attached hydrogens (tertiary/aromatic N) is 3. The van der Waals surface area contributed by atoms with E-state index in [4.69, 9.17) is 18.9 Å². The van der Waals surface area contributed by atoms with Crippen LogP contribution < -0.4 is 20.1 Å². The Balaban J connectivity index is 0.000000341. The molecule has 0 radical (unpaired) electrons. The molecule has 15 nitrogen and oxygen atoms in total. The quantitative estimate of drug-likeness (QED) is 0.294. The molecule has 0 fully saturated rings. The number of aromatic nitrogens is 3. The first kappa shape index (κ1) is 40.6. The van der Waals surface area contributed by atoms with Crippen LogP contribution in [0.25, 0.3) is 5.52 Å². The molecule has 0 saturated carbocycles. The first-order valence-corrected chi connectivity index (χ1v) is 19.0. The summed E-state index contributed by atoms with van der Waals surface area (Å²) in [5.74, 6) is 6.28. The second kappa shape index (κ2) is 16.7. The Hall–Kier alpha value is -4.56. The molecule has 0 aliphatic carbocycles. The van der Waals surface area contributed by atoms with E-state index < -0.39 is 43.1 Å². The zero-order valence-corrected chi connectivity index (χ0v) is 31.1. The second-order valence-electron chi connectivity index (χ2n) is 12.8. The van der Waals surface area contributed by atoms with Crippen LogP contribution in [0.2, 0.25) is 0 Å². The zero-order valence-electron chi connectivity index (χ0n) is 29.5. The molecule has 0 unspecified atom stereocenters. The fourth-order valence-electron chi connectivity index (χ4n) is 3.73. The van der Waals surface area contributed by atoms with Gasteiger partial charge in [-0.25, -0.2) is 35.9 Å². The summed E-state index contributed by atoms with van der Waals surface area (Å²) in [7, 11) is -3.17. The molecule has 3 heterocycles. The summed E-state index contributed by atoms with van der Waals surface area (Å²) >= 11 is 0. The Kier molecular flexibility index (Phi) is 13.8. The van der Waals surface area contributed by atoms with E-state index >= 15 is 0 Å². The van der Waals surface area contributed by atoms with Gasteiger partial charge in [-0.05, 0) is 65.7 Å². The minimum Gasteiger partial charge on any atom is -0.493 e. The molecule has 0 saturated heterocycles. The maximum atomic E-state index is 12.0. The first-order chi connectivity index (χ1) is 22.5. The molecule has 3 aromatic rings. The summed E-state index contributed by atoms with van der Waals surface area (Å²) in [6.45, 7) is 10.6. The van der Waals surface area contributed by atoms with Gasteiger partial charge in [-0.2, -0.15) is 5.10 Å². The van der Waals surface area contributed by atoms with Crippen molar-refractivity contribution in [2.45, 2.75) is 65.6 Å². The van der Waals surface area contributed by atoms with Crippen molar-refractivity contribution in [1.29, 1.82) is 0 Å². The first-order valence-electron chi connectivity index (χ1n) is 14.9. The summed E-state index contributed by atoms with van der Waals surface area (Å²) in [5, 5.41) is 9.57. The van der Waals surface area contributed by atoms with Crippen LogP contribution in [0.4, 0.5) is 21.0 Å². The third-order valence-corrected chi connectivity index (χ3v) is 7.63. The molecule has 17 heteroatoms. The number of aryl methyl sites for hydroxylation is 1. The van der Waals surface area contributed by atoms with Crippen molar-refractivity contribution in [3.05, 3.63) is 42.0 Å². The molecule has 0 atom stereocenters. The number of methoxy groups -OCH3 is 2. The van der Waals surface area contributed by atoms with E-state index in [0.29, 0.717) is 46.2 Å². The molecule has 0 aromatic carbocycles. The van der Waals surface area contributed by atoms with Gasteiger partial charge in [0.1, 0.15) is 36.6 Å². The molecular weight excluding hydrogens is 679 g/mol. The van der Waals surface area contributed by atoms with E-state index in [1.54, 1.807) is 64.4 Å². The van der Waals surface area contributed by atoms with Crippen molar-refractivity contribution in [2.75, 3.05) is 48.9 Å². The number of carbonyl (C=O) groups excluding carboxylic acids is 2. The van der Waals surface area contributed by atoms with Crippen LogP contribution in [0.5, 0.6) is 11.5 Å². The number of hydrogen-bond donors (Lipinski definition) is 2. The molecule has 270 valence electrons. The number of anilines is 2. The highest BCUT2D eigenvalue weighted by Crippen LogP contribution is 2.27. The molecule has 0 bridgehead atoms. The topological polar surface area (TPSA) is 194 Å². The van der Waals surface area contributed by atoms with Crippen LogP contribution in [0, 0.1) is 11.8 Å². The van der Waals surface area contributed by atoms with Crippen LogP contribution in [-0.4, -0.2) is 93.1 Å². The summed E-state index contributed by atoms with van der Waals surface area (Å²) in [5.41, 5.74) is 1.30. The lowest BCUT2D eigenvalue weighted by atomic mass is 10.2. The van der Waals surface area contributed by atoms with Crippen LogP contribution >= 0.6 is 0 Å². The SMILES string of the molecule is COc1cn2nc(CCS(C)(=O)=O)cc2cc1NC(=O)OC(C)(C)C.COc1cnc(C#CCCS(C)(=O)=O)cc1NC(=O)OC(C)(C)C. The number of fused-ring (bicyclic) bond motifs is 1. The summed E-state index contributed by atoms with van der Waals surface area (Å²) in [6.07, 6.45) is 4.70. The number of pyridine rings is 2. The van der Waals surface area contributed by atoms with Gasteiger partial charge in [0.25, 0.3) is 0 Å². The van der Waals surface area contributed by atoms with Gasteiger partial charge in [-0.15, -0.1) is 0 Å². The van der Waals surface area contributed by atoms with Gasteiger partial charge in [0.05, 0.1) is 60.7 Å². The van der Waals surface area contributed by atoms with Crippen LogP contribution in [-0.2, 0) is 35.6 Å². The Morgan fingerprint density at radius 1 is 0.816 bits per heavy atom. The van der Waals surface area contributed by atoms with Gasteiger partial charge in [0.2, 0.25) is 0 Å². The Morgan fingerprint density at radius 2 is 1.35 bits per heavy atom. The van der Waals surface area contributed by atoms with Gasteiger partial charge < -0.3 is 18.9 Å². The zero-order chi connectivity index (χ0) is 37.2. The lowest BCUT2D eigenvalue weighted by molar-refractivity contribution is 0.0624. The molecule has 2 N–H and O–H groups in total. The van der Waals surface area contributed by atoms with E-state index in [-0.39, 0.29) is 17.9 Å². The van der Waals surface area contributed by atoms with Gasteiger partial charge in [0, 0.05) is 25.4 Å². The standard InChI is InChI=1S/C16H23N3O5S.C16H22N2O5S/c1-16(2,3)24-15(20)17-13-9-12-8-11(6-7-25(5,21)22)18-19(12)10-14(13)23-4;1-16(2,3)23-15(19)18-13-10-12(17-11-14(13)22-4)8-6-7-9-24(5,20)21/h8-10H,6-7H2,1-5H3,(H,17,20);10-11H,7,9H2,1-5H3,(H,17,18,19). The largest absolute Gasteiger partial charge is 0.493 e. The molecule has 3 aromatic heterocycles. The number of carbonyl (C=O) groups is 2. The minimum absolute atomic E-state index is 0.0147. The highest BCUT2D eigenvalue weighted by Gasteiger charge is 2.19. The number of rotatable bonds is 9. The number of ether oxygens (including phenoxy) is 4. The second-order valence-corrected chi connectivity index (χ2v) is 17.4. The smallest absolute Gasteiger partial charge is 0.412 e. The highest BCUT2D eigenvalue weighted by molar-refractivity contribution is 7.90. The van der Waals surface area contributed by atoms with E-state index in [1.807, 2.05) is 0 Å². The van der Waals surface area contributed by atoms with Gasteiger partial charge in [-0.1, -0.05) is 5.92 Å². The summed E-state index contributed by atoms with van der Waals surface area (Å²) in [6, 6.07) is 5.00. The lowest BCUT2D eigenvalue weighted by Gasteiger charge is -2.20. The minimum atomic E-state index is -3.06. The van der Waals surface area contributed by atoms with Crippen molar-refractivity contribution in [1.82, 2.24) is 14.6 Å². The highest BCUT2D eigenvalue weighted by atomic mass is 32.2. The molecule has 49 heavy (non-hydrogen) atoms. The average molecular weight is 724 g/mol. The summed E-state index contributed by atoms with van der Waals surface area (Å²) < 4.78 is 67.1. The van der Waals surface area contributed by atoms with Crippen LogP contribution in [0.1, 0.15) is 59.4 Å². The van der Waals surface area contributed by atoms with Gasteiger partial charge in [-0.3, -0.25) is 10.6 Å². The normalized spacial score (nSPS) is 11.7. The van der Waals surface area contributed by atoms with Crippen LogP contribution in [0.3, 0.4) is 0 Å². The fourth-order valence-corrected chi connectivity index (χ4v) is 4.79. The average Bonchev–Trinajstić information content (AvgIpc) is 3.33. The Labute approximate surface area is 287 Å². The molecular formula is C32H45N5O10S2. The third-order valence-electron chi connectivity index (χ3n) is 5.73. The van der Waals surface area contributed by atoms with Gasteiger partial charge >= 0.3 is 12.2 Å². The van der Waals surface area contributed by atoms with Crippen molar-refractivity contribution in [2.24, 2.45) is 0 Å². The number of nitrogens with one attached hydrogen (secondary N) is 2. The molecule has 0 aliphatic heterocycles. The number of amides is 2. The van der Waals surface area contributed by atoms with Gasteiger partial charge in [0.15, 0.2) is 11.5 Å². The van der Waals surface area contributed by atoms with E-state index in [9.17, 15) is 26.4 Å². The number of hydrogen-bond acceptors (Lipinski definition) is 12. The predicted molar refractivity (Wildman–Crippen MR) is 187 cm³/mol. The lowest BCUT2D eigenvalue weighted by Crippen LogP contribution is -2.27. The maximum absolute atomic E-state index is 12.0. The predicted octanol–water partition coefficient (Wildman–Crippen LogP) is 4.50. The number of sulfone groups is 2. The van der Waals surface area contributed by atoms with E-state index in [1.165, 1.54) is 32.7 Å². The monoisotopic (exact) mass is 723 g/mol. The van der Waals surface area contributed by atoms with Crippen molar-refractivity contribution < 1.29 is 45.4 Å². The fraction of sp³-hybridized carbons (Fsp3) is 0.500. The van der Waals surface area contributed by atoms with Crippen LogP contribution in [0.15, 0.2) is 30.6 Å². The Bertz CT molecular complexity index is 1910. The molecule has 0 aliphatic rings. The third kappa shape index (κ3) is 15.9. The Morgan fingerprint density at radius 3 is 1.84 bits per heavy atom. The van der Waals surface area contributed by atoms with Crippen molar-refractivity contribution in [3.8, 4) is 23.3 Å². The van der Waals surface area contributed by atoms with Crippen molar-refractivity contribution in [3.63, 3.8) is 0 Å². The molecule has 0 spiro atoms. The van der Waals surface area contributed by atoms with E-state index in [0.717, 1.165) is 6.26 Å². The molecule has 2 amide bonds. The van der Waals surface area contributed by atoms with E-state index in [2.05, 4.69) is 32.6 Å². The summed E-state index contributed by atoms with van der Waals surface area (Å²) in [4.78, 5) is 27.9. The van der Waals surface area contributed by atoms with Crippen molar-refractivity contribution >= 4 is 48.8 Å². The molecule has 3 rings (SSSR count).